The van der Waals surface area contributed by atoms with Gasteiger partial charge >= 0.3 is 0 Å². The summed E-state index contributed by atoms with van der Waals surface area (Å²) < 4.78 is 0. The van der Waals surface area contributed by atoms with Gasteiger partial charge in [0.15, 0.2) is 0 Å². The Labute approximate surface area is 214 Å². The minimum atomic E-state index is -0.663. The molecule has 0 aromatic heterocycles. The van der Waals surface area contributed by atoms with Crippen LogP contribution in [-0.2, 0) is 0 Å². The van der Waals surface area contributed by atoms with Crippen LogP contribution in [0.3, 0.4) is 0 Å². The number of hydrogen-bond donors (Lipinski definition) is 4. The van der Waals surface area contributed by atoms with Crippen molar-refractivity contribution in [2.75, 3.05) is 6.61 Å². The molecule has 4 nitrogen and oxygen atoms in total. The van der Waals surface area contributed by atoms with E-state index in [0.717, 1.165) is 37.2 Å². The summed E-state index contributed by atoms with van der Waals surface area (Å²) in [5, 5.41) is 40.8. The Balaban J connectivity index is 1.60. The summed E-state index contributed by atoms with van der Waals surface area (Å²) in [6.45, 7) is 13.2. The molecule has 3 aliphatic rings. The Morgan fingerprint density at radius 1 is 1.11 bits per heavy atom. The zero-order valence-corrected chi connectivity index (χ0v) is 23.0. The van der Waals surface area contributed by atoms with Crippen LogP contribution in [0.15, 0.2) is 24.3 Å². The third kappa shape index (κ3) is 7.00. The maximum absolute atomic E-state index is 10.9. The number of hydrogen-bond acceptors (Lipinski definition) is 4. The smallest absolute Gasteiger partial charge is 0.0806 e. The van der Waals surface area contributed by atoms with Gasteiger partial charge in [0.2, 0.25) is 0 Å². The van der Waals surface area contributed by atoms with Gasteiger partial charge in [-0.05, 0) is 99.9 Å². The zero-order valence-electron chi connectivity index (χ0n) is 23.0. The lowest BCUT2D eigenvalue weighted by atomic mass is 9.59. The predicted octanol–water partition coefficient (Wildman–Crippen LogP) is 6.03. The Bertz CT molecular complexity index is 709. The molecule has 0 aromatic rings. The summed E-state index contributed by atoms with van der Waals surface area (Å²) in [5.74, 6) is 2.63. The Kier molecular flexibility index (Phi) is 10.1. The van der Waals surface area contributed by atoms with Gasteiger partial charge in [-0.2, -0.15) is 0 Å². The molecular weight excluding hydrogens is 436 g/mol. The lowest BCUT2D eigenvalue weighted by Gasteiger charge is -2.46. The molecule has 3 fully saturated rings. The standard InChI is InChI=1S/C31H54O4/c1-21(10-8-17-30(3,4)35)26-15-16-27-23(11-9-18-31(26,27)5)13-14-24-20-28(33)25(12-6-7-19-32)29(34)22(24)2/h13-14,21,23-29,32-35H,2,6-12,15-20H2,1,3-5H3/b14-13+/t21-,23?,24?,25-,26+,27?,28+,29+,31+/m0/s1. The fourth-order valence-electron chi connectivity index (χ4n) is 8.12. The summed E-state index contributed by atoms with van der Waals surface area (Å²) >= 11 is 0. The molecule has 3 unspecified atom stereocenters. The molecule has 3 aliphatic carbocycles. The third-order valence-electron chi connectivity index (χ3n) is 10.2. The zero-order chi connectivity index (χ0) is 25.8. The van der Waals surface area contributed by atoms with Crippen LogP contribution in [0, 0.1) is 40.9 Å². The lowest BCUT2D eigenvalue weighted by Crippen LogP contribution is -2.41. The first-order valence-corrected chi connectivity index (χ1v) is 14.5. The molecule has 0 bridgehead atoms. The predicted molar refractivity (Wildman–Crippen MR) is 144 cm³/mol. The molecule has 35 heavy (non-hydrogen) atoms. The van der Waals surface area contributed by atoms with E-state index in [-0.39, 0.29) is 18.4 Å². The van der Waals surface area contributed by atoms with E-state index >= 15 is 0 Å². The lowest BCUT2D eigenvalue weighted by molar-refractivity contribution is -0.0101. The number of unbranched alkanes of at least 4 members (excludes halogenated alkanes) is 1. The highest BCUT2D eigenvalue weighted by Crippen LogP contribution is 2.60. The van der Waals surface area contributed by atoms with Crippen molar-refractivity contribution in [2.45, 2.75) is 123 Å². The first-order valence-electron chi connectivity index (χ1n) is 14.5. The average molecular weight is 491 g/mol. The van der Waals surface area contributed by atoms with Gasteiger partial charge in [-0.15, -0.1) is 0 Å². The maximum Gasteiger partial charge on any atom is 0.0806 e. The van der Waals surface area contributed by atoms with Gasteiger partial charge < -0.3 is 20.4 Å². The van der Waals surface area contributed by atoms with Gasteiger partial charge in [0.25, 0.3) is 0 Å². The van der Waals surface area contributed by atoms with Gasteiger partial charge in [-0.25, -0.2) is 0 Å². The van der Waals surface area contributed by atoms with Gasteiger partial charge in [0.1, 0.15) is 0 Å². The number of fused-ring (bicyclic) bond motifs is 1. The summed E-state index contributed by atoms with van der Waals surface area (Å²) in [4.78, 5) is 0. The van der Waals surface area contributed by atoms with E-state index in [1.54, 1.807) is 0 Å². The summed E-state index contributed by atoms with van der Waals surface area (Å²) in [7, 11) is 0. The number of rotatable bonds is 11. The second kappa shape index (κ2) is 12.2. The minimum absolute atomic E-state index is 0.0419. The summed E-state index contributed by atoms with van der Waals surface area (Å²) in [6.07, 6.45) is 16.1. The van der Waals surface area contributed by atoms with Crippen LogP contribution in [0.2, 0.25) is 0 Å². The van der Waals surface area contributed by atoms with Crippen LogP contribution in [-0.4, -0.2) is 44.8 Å². The number of allylic oxidation sites excluding steroid dienone is 2. The second-order valence-electron chi connectivity index (χ2n) is 13.2. The SMILES string of the molecule is C=C1C(/C=C/C2CCC[C@@]3(C)C2CC[C@@H]3[C@@H](C)CCCC(C)(C)O)C[C@@H](O)[C@H](CCCCO)[C@@H]1O. The van der Waals surface area contributed by atoms with E-state index in [4.69, 9.17) is 5.11 Å². The summed E-state index contributed by atoms with van der Waals surface area (Å²) in [6, 6.07) is 0. The fourth-order valence-corrected chi connectivity index (χ4v) is 8.12. The molecule has 0 radical (unpaired) electrons. The van der Waals surface area contributed by atoms with Gasteiger partial charge in [-0.3, -0.25) is 0 Å². The molecule has 0 amide bonds. The van der Waals surface area contributed by atoms with E-state index in [2.05, 4.69) is 32.6 Å². The monoisotopic (exact) mass is 490 g/mol. The topological polar surface area (TPSA) is 80.9 Å². The summed E-state index contributed by atoms with van der Waals surface area (Å²) in [5.41, 5.74) is 0.678. The molecule has 9 atom stereocenters. The molecule has 0 spiro atoms. The number of aliphatic hydroxyl groups is 4. The molecule has 4 heteroatoms. The van der Waals surface area contributed by atoms with Crippen molar-refractivity contribution < 1.29 is 20.4 Å². The average Bonchev–Trinajstić information content (AvgIpc) is 3.14. The second-order valence-corrected chi connectivity index (χ2v) is 13.2. The van der Waals surface area contributed by atoms with E-state index < -0.39 is 17.8 Å². The van der Waals surface area contributed by atoms with Gasteiger partial charge in [0.05, 0.1) is 17.8 Å². The Morgan fingerprint density at radius 3 is 2.54 bits per heavy atom. The first kappa shape index (κ1) is 28.9. The molecule has 3 saturated carbocycles. The van der Waals surface area contributed by atoms with Crippen LogP contribution in [0.1, 0.15) is 105 Å². The largest absolute Gasteiger partial charge is 0.396 e. The Morgan fingerprint density at radius 2 is 1.86 bits per heavy atom. The van der Waals surface area contributed by atoms with Crippen LogP contribution in [0.4, 0.5) is 0 Å². The quantitative estimate of drug-likeness (QED) is 0.211. The van der Waals surface area contributed by atoms with Crippen molar-refractivity contribution in [3.63, 3.8) is 0 Å². The highest BCUT2D eigenvalue weighted by atomic mass is 16.3. The van der Waals surface area contributed by atoms with Crippen molar-refractivity contribution in [1.29, 1.82) is 0 Å². The molecule has 202 valence electrons. The van der Waals surface area contributed by atoms with Crippen LogP contribution in [0.25, 0.3) is 0 Å². The van der Waals surface area contributed by atoms with Crippen molar-refractivity contribution in [3.8, 4) is 0 Å². The maximum atomic E-state index is 10.9. The molecule has 4 N–H and O–H groups in total. The normalized spacial score (nSPS) is 39.2. The van der Waals surface area contributed by atoms with E-state index in [1.165, 1.54) is 38.5 Å². The third-order valence-corrected chi connectivity index (χ3v) is 10.2. The van der Waals surface area contributed by atoms with Crippen LogP contribution >= 0.6 is 0 Å². The molecule has 0 aliphatic heterocycles. The number of aliphatic hydroxyl groups excluding tert-OH is 3. The van der Waals surface area contributed by atoms with Crippen LogP contribution in [0.5, 0.6) is 0 Å². The van der Waals surface area contributed by atoms with E-state index in [1.807, 2.05) is 13.8 Å². The highest BCUT2D eigenvalue weighted by molar-refractivity contribution is 5.21. The van der Waals surface area contributed by atoms with Gasteiger partial charge in [-0.1, -0.05) is 58.3 Å². The fraction of sp³-hybridized carbons (Fsp3) is 0.871. The molecule has 0 heterocycles. The highest BCUT2D eigenvalue weighted by Gasteiger charge is 2.51. The van der Waals surface area contributed by atoms with E-state index in [0.29, 0.717) is 36.0 Å². The first-order chi connectivity index (χ1) is 16.5. The van der Waals surface area contributed by atoms with Crippen molar-refractivity contribution >= 4 is 0 Å². The van der Waals surface area contributed by atoms with Crippen molar-refractivity contribution in [2.24, 2.45) is 40.9 Å². The van der Waals surface area contributed by atoms with Crippen molar-refractivity contribution in [3.05, 3.63) is 24.3 Å². The van der Waals surface area contributed by atoms with Crippen LogP contribution < -0.4 is 0 Å². The minimum Gasteiger partial charge on any atom is -0.396 e. The van der Waals surface area contributed by atoms with Crippen molar-refractivity contribution in [1.82, 2.24) is 0 Å². The molecule has 3 rings (SSSR count). The molecular formula is C31H54O4. The van der Waals surface area contributed by atoms with E-state index in [9.17, 15) is 15.3 Å². The Hall–Kier alpha value is -0.680. The molecule has 0 aromatic carbocycles. The van der Waals surface area contributed by atoms with Gasteiger partial charge in [0, 0.05) is 18.4 Å². The molecule has 0 saturated heterocycles.